The maximum atomic E-state index is 10.4. The lowest BCUT2D eigenvalue weighted by atomic mass is 10.0. The van der Waals surface area contributed by atoms with Gasteiger partial charge >= 0.3 is 5.97 Å². The minimum Gasteiger partial charge on any atom is -0.481 e. The number of hydrogen-bond acceptors (Lipinski definition) is 1. The fourth-order valence-electron chi connectivity index (χ4n) is 4.02. The molecule has 0 aromatic rings. The first kappa shape index (κ1) is 30.7. The molecule has 0 bridgehead atoms. The van der Waals surface area contributed by atoms with Crippen molar-refractivity contribution in [3.8, 4) is 0 Å². The molecule has 0 aliphatic carbocycles. The van der Waals surface area contributed by atoms with Crippen molar-refractivity contribution in [1.82, 2.24) is 0 Å². The van der Waals surface area contributed by atoms with Crippen molar-refractivity contribution >= 4 is 5.97 Å². The Labute approximate surface area is 200 Å². The number of unbranched alkanes of at least 4 members (excludes halogenated alkanes) is 17. The number of hydrogen-bond donors (Lipinski definition) is 1. The molecule has 0 aliphatic rings. The zero-order valence-electron chi connectivity index (χ0n) is 21.4. The standard InChI is InChI=1S/C30H54O2/c1-2-3-4-5-6-7-8-9-10-11-12-13-14-15-16-17-18-19-20-21-22-23-24-25-26-27-28-29-30(31)32/h3-4,6-7,9-10H,2,5,8,11-29H2,1H3,(H,31,32). The Balaban J connectivity index is 3.12. The van der Waals surface area contributed by atoms with Crippen LogP contribution in [0.15, 0.2) is 36.5 Å². The van der Waals surface area contributed by atoms with Gasteiger partial charge in [0.1, 0.15) is 0 Å². The second-order valence-corrected chi connectivity index (χ2v) is 9.24. The van der Waals surface area contributed by atoms with Gasteiger partial charge in [-0.05, 0) is 38.5 Å². The number of allylic oxidation sites excluding steroid dienone is 6. The third-order valence-corrected chi connectivity index (χ3v) is 6.04. The first-order valence-corrected chi connectivity index (χ1v) is 13.9. The maximum absolute atomic E-state index is 10.4. The van der Waals surface area contributed by atoms with Crippen LogP contribution in [0.5, 0.6) is 0 Å². The van der Waals surface area contributed by atoms with Crippen molar-refractivity contribution in [3.05, 3.63) is 36.5 Å². The Hall–Kier alpha value is -1.31. The van der Waals surface area contributed by atoms with Crippen LogP contribution in [0, 0.1) is 0 Å². The van der Waals surface area contributed by atoms with E-state index in [1.807, 2.05) is 0 Å². The molecule has 0 aliphatic heterocycles. The molecule has 32 heavy (non-hydrogen) atoms. The van der Waals surface area contributed by atoms with Crippen LogP contribution in [0.3, 0.4) is 0 Å². The van der Waals surface area contributed by atoms with Gasteiger partial charge in [0.05, 0.1) is 0 Å². The highest BCUT2D eigenvalue weighted by atomic mass is 16.4. The van der Waals surface area contributed by atoms with Crippen LogP contribution >= 0.6 is 0 Å². The third-order valence-electron chi connectivity index (χ3n) is 6.04. The fraction of sp³-hybridized carbons (Fsp3) is 0.767. The molecule has 2 nitrogen and oxygen atoms in total. The van der Waals surface area contributed by atoms with Gasteiger partial charge in [0, 0.05) is 6.42 Å². The second kappa shape index (κ2) is 27.7. The molecular weight excluding hydrogens is 392 g/mol. The van der Waals surface area contributed by atoms with Crippen molar-refractivity contribution in [2.45, 2.75) is 148 Å². The summed E-state index contributed by atoms with van der Waals surface area (Å²) >= 11 is 0. The molecule has 0 fully saturated rings. The smallest absolute Gasteiger partial charge is 0.303 e. The SMILES string of the molecule is CCC=CCC=CCC=CCCCCCCCCCCCCCCCCCCCC(=O)O. The van der Waals surface area contributed by atoms with Crippen LogP contribution in [0.2, 0.25) is 0 Å². The molecule has 1 N–H and O–H groups in total. The van der Waals surface area contributed by atoms with Crippen molar-refractivity contribution in [2.75, 3.05) is 0 Å². The van der Waals surface area contributed by atoms with Gasteiger partial charge < -0.3 is 5.11 Å². The molecule has 0 radical (unpaired) electrons. The molecule has 0 aromatic heterocycles. The summed E-state index contributed by atoms with van der Waals surface area (Å²) in [6, 6.07) is 0. The molecule has 0 amide bonds. The predicted molar refractivity (Wildman–Crippen MR) is 142 cm³/mol. The van der Waals surface area contributed by atoms with Gasteiger partial charge in [0.25, 0.3) is 0 Å². The molecule has 0 unspecified atom stereocenters. The number of carboxylic acid groups (broad SMARTS) is 1. The molecular formula is C30H54O2. The largest absolute Gasteiger partial charge is 0.481 e. The van der Waals surface area contributed by atoms with Crippen molar-refractivity contribution in [1.29, 1.82) is 0 Å². The first-order valence-electron chi connectivity index (χ1n) is 13.9. The van der Waals surface area contributed by atoms with Crippen LogP contribution in [-0.4, -0.2) is 11.1 Å². The van der Waals surface area contributed by atoms with Crippen LogP contribution in [0.25, 0.3) is 0 Å². The summed E-state index contributed by atoms with van der Waals surface area (Å²) in [6.07, 6.45) is 41.1. The van der Waals surface area contributed by atoms with Gasteiger partial charge in [-0.25, -0.2) is 0 Å². The summed E-state index contributed by atoms with van der Waals surface area (Å²) in [5.74, 6) is -0.654. The van der Waals surface area contributed by atoms with Gasteiger partial charge in [-0.1, -0.05) is 140 Å². The van der Waals surface area contributed by atoms with E-state index in [1.165, 1.54) is 103 Å². The number of carboxylic acids is 1. The van der Waals surface area contributed by atoms with Crippen molar-refractivity contribution in [3.63, 3.8) is 0 Å². The Morgan fingerprint density at radius 3 is 1.25 bits per heavy atom. The van der Waals surface area contributed by atoms with Gasteiger partial charge in [-0.15, -0.1) is 0 Å². The van der Waals surface area contributed by atoms with Crippen molar-refractivity contribution in [2.24, 2.45) is 0 Å². The molecule has 0 aromatic carbocycles. The number of carbonyl (C=O) groups is 1. The van der Waals surface area contributed by atoms with E-state index in [-0.39, 0.29) is 0 Å². The summed E-state index contributed by atoms with van der Waals surface area (Å²) < 4.78 is 0. The minimum atomic E-state index is -0.654. The van der Waals surface area contributed by atoms with E-state index in [0.717, 1.165) is 32.1 Å². The summed E-state index contributed by atoms with van der Waals surface area (Å²) in [5, 5.41) is 8.60. The number of aliphatic carboxylic acids is 1. The summed E-state index contributed by atoms with van der Waals surface area (Å²) in [4.78, 5) is 10.4. The second-order valence-electron chi connectivity index (χ2n) is 9.24. The summed E-state index contributed by atoms with van der Waals surface area (Å²) in [6.45, 7) is 2.17. The molecule has 0 heterocycles. The molecule has 0 saturated carbocycles. The molecule has 0 spiro atoms. The Morgan fingerprint density at radius 2 is 0.844 bits per heavy atom. The summed E-state index contributed by atoms with van der Waals surface area (Å²) in [7, 11) is 0. The fourth-order valence-corrected chi connectivity index (χ4v) is 4.02. The normalized spacial score (nSPS) is 12.0. The van der Waals surface area contributed by atoms with Gasteiger partial charge in [-0.2, -0.15) is 0 Å². The van der Waals surface area contributed by atoms with Crippen LogP contribution < -0.4 is 0 Å². The van der Waals surface area contributed by atoms with Gasteiger partial charge in [0.15, 0.2) is 0 Å². The minimum absolute atomic E-state index is 0.341. The predicted octanol–water partition coefficient (Wildman–Crippen LogP) is 10.3. The molecule has 0 atom stereocenters. The zero-order chi connectivity index (χ0) is 23.4. The lowest BCUT2D eigenvalue weighted by Gasteiger charge is -2.03. The van der Waals surface area contributed by atoms with E-state index in [2.05, 4.69) is 43.4 Å². The highest BCUT2D eigenvalue weighted by Gasteiger charge is 1.97. The topological polar surface area (TPSA) is 37.3 Å². The maximum Gasteiger partial charge on any atom is 0.303 e. The zero-order valence-corrected chi connectivity index (χ0v) is 21.4. The van der Waals surface area contributed by atoms with E-state index in [9.17, 15) is 4.79 Å². The van der Waals surface area contributed by atoms with Gasteiger partial charge in [-0.3, -0.25) is 4.79 Å². The molecule has 2 heteroatoms. The van der Waals surface area contributed by atoms with E-state index < -0.39 is 5.97 Å². The Morgan fingerprint density at radius 1 is 0.500 bits per heavy atom. The van der Waals surface area contributed by atoms with Gasteiger partial charge in [0.2, 0.25) is 0 Å². The first-order chi connectivity index (χ1) is 15.8. The Kier molecular flexibility index (Phi) is 26.6. The van der Waals surface area contributed by atoms with Crippen LogP contribution in [0.4, 0.5) is 0 Å². The summed E-state index contributed by atoms with van der Waals surface area (Å²) in [5.41, 5.74) is 0. The van der Waals surface area contributed by atoms with E-state index in [4.69, 9.17) is 5.11 Å². The molecule has 186 valence electrons. The van der Waals surface area contributed by atoms with Crippen LogP contribution in [0.1, 0.15) is 148 Å². The highest BCUT2D eigenvalue weighted by molar-refractivity contribution is 5.66. The molecule has 0 saturated heterocycles. The number of rotatable bonds is 25. The third kappa shape index (κ3) is 28.7. The van der Waals surface area contributed by atoms with Crippen LogP contribution in [-0.2, 0) is 4.79 Å². The average Bonchev–Trinajstić information content (AvgIpc) is 2.78. The molecule has 0 rings (SSSR count). The quantitative estimate of drug-likeness (QED) is 0.112. The van der Waals surface area contributed by atoms with E-state index >= 15 is 0 Å². The lowest BCUT2D eigenvalue weighted by Crippen LogP contribution is -1.93. The van der Waals surface area contributed by atoms with Crippen molar-refractivity contribution < 1.29 is 9.90 Å². The Bertz CT molecular complexity index is 461. The van der Waals surface area contributed by atoms with E-state index in [0.29, 0.717) is 6.42 Å². The average molecular weight is 447 g/mol. The van der Waals surface area contributed by atoms with E-state index in [1.54, 1.807) is 0 Å². The highest BCUT2D eigenvalue weighted by Crippen LogP contribution is 2.14. The monoisotopic (exact) mass is 446 g/mol. The lowest BCUT2D eigenvalue weighted by molar-refractivity contribution is -0.137.